The third-order valence-electron chi connectivity index (χ3n) is 3.37. The first-order valence-electron chi connectivity index (χ1n) is 6.51. The Balaban J connectivity index is 2.16. The summed E-state index contributed by atoms with van der Waals surface area (Å²) in [5.74, 6) is 1.42. The van der Waals surface area contributed by atoms with Crippen molar-refractivity contribution in [1.82, 2.24) is 4.90 Å². The Labute approximate surface area is 99.1 Å². The minimum atomic E-state index is -0.0575. The van der Waals surface area contributed by atoms with Crippen LogP contribution in [0.5, 0.6) is 0 Å². The first-order chi connectivity index (χ1) is 7.63. The second kappa shape index (κ2) is 6.89. The van der Waals surface area contributed by atoms with E-state index in [4.69, 9.17) is 4.74 Å². The summed E-state index contributed by atoms with van der Waals surface area (Å²) in [6.07, 6.45) is 3.27. The molecule has 1 aliphatic heterocycles. The standard InChI is InChI=1S/C13H25NO2/c1-4-5-8-16-13(15)10-14-7-6-12(9-14)11(2)3/h11-12H,4-10H2,1-3H3. The number of carbonyl (C=O) groups is 1. The molecule has 1 atom stereocenters. The van der Waals surface area contributed by atoms with Crippen molar-refractivity contribution in [1.29, 1.82) is 0 Å². The molecule has 1 fully saturated rings. The molecular formula is C13H25NO2. The second-order valence-corrected chi connectivity index (χ2v) is 5.10. The number of carbonyl (C=O) groups excluding carboxylic acids is 1. The molecule has 0 aromatic carbocycles. The lowest BCUT2D eigenvalue weighted by molar-refractivity contribution is -0.144. The van der Waals surface area contributed by atoms with E-state index in [0.717, 1.165) is 37.8 Å². The highest BCUT2D eigenvalue weighted by atomic mass is 16.5. The zero-order valence-electron chi connectivity index (χ0n) is 10.9. The smallest absolute Gasteiger partial charge is 0.320 e. The van der Waals surface area contributed by atoms with Crippen LogP contribution in [0.1, 0.15) is 40.0 Å². The molecule has 1 heterocycles. The second-order valence-electron chi connectivity index (χ2n) is 5.10. The Kier molecular flexibility index (Phi) is 5.81. The van der Waals surface area contributed by atoms with Crippen LogP contribution in [-0.2, 0) is 9.53 Å². The maximum Gasteiger partial charge on any atom is 0.320 e. The van der Waals surface area contributed by atoms with Crippen molar-refractivity contribution in [2.24, 2.45) is 11.8 Å². The van der Waals surface area contributed by atoms with Gasteiger partial charge in [0.25, 0.3) is 0 Å². The molecule has 1 saturated heterocycles. The summed E-state index contributed by atoms with van der Waals surface area (Å²) in [5.41, 5.74) is 0. The van der Waals surface area contributed by atoms with E-state index in [9.17, 15) is 4.79 Å². The third-order valence-corrected chi connectivity index (χ3v) is 3.37. The molecule has 3 heteroatoms. The van der Waals surface area contributed by atoms with Crippen molar-refractivity contribution in [3.8, 4) is 0 Å². The van der Waals surface area contributed by atoms with E-state index in [-0.39, 0.29) is 5.97 Å². The van der Waals surface area contributed by atoms with E-state index in [1.807, 2.05) is 0 Å². The first kappa shape index (κ1) is 13.5. The lowest BCUT2D eigenvalue weighted by Crippen LogP contribution is -2.29. The molecule has 1 unspecified atom stereocenters. The van der Waals surface area contributed by atoms with Crippen molar-refractivity contribution in [2.45, 2.75) is 40.0 Å². The number of unbranched alkanes of at least 4 members (excludes halogenated alkanes) is 1. The van der Waals surface area contributed by atoms with E-state index in [2.05, 4.69) is 25.7 Å². The van der Waals surface area contributed by atoms with Gasteiger partial charge < -0.3 is 4.74 Å². The highest BCUT2D eigenvalue weighted by Gasteiger charge is 2.26. The average Bonchev–Trinajstić information content (AvgIpc) is 2.66. The number of nitrogens with zero attached hydrogens (tertiary/aromatic N) is 1. The third kappa shape index (κ3) is 4.52. The number of likely N-dealkylation sites (tertiary alicyclic amines) is 1. The van der Waals surface area contributed by atoms with Gasteiger partial charge in [0, 0.05) is 6.54 Å². The first-order valence-corrected chi connectivity index (χ1v) is 6.51. The highest BCUT2D eigenvalue weighted by Crippen LogP contribution is 2.23. The number of hydrogen-bond acceptors (Lipinski definition) is 3. The minimum Gasteiger partial charge on any atom is -0.465 e. The van der Waals surface area contributed by atoms with Crippen LogP contribution < -0.4 is 0 Å². The molecule has 0 amide bonds. The summed E-state index contributed by atoms with van der Waals surface area (Å²) in [7, 11) is 0. The Morgan fingerprint density at radius 1 is 1.50 bits per heavy atom. The molecule has 0 aromatic heterocycles. The van der Waals surface area contributed by atoms with Gasteiger partial charge in [-0.3, -0.25) is 9.69 Å². The average molecular weight is 227 g/mol. The summed E-state index contributed by atoms with van der Waals surface area (Å²) in [6.45, 7) is 9.78. The fourth-order valence-corrected chi connectivity index (χ4v) is 2.11. The van der Waals surface area contributed by atoms with Crippen LogP contribution in [0.3, 0.4) is 0 Å². The fourth-order valence-electron chi connectivity index (χ4n) is 2.11. The van der Waals surface area contributed by atoms with Crippen LogP contribution in [0.4, 0.5) is 0 Å². The zero-order valence-corrected chi connectivity index (χ0v) is 10.9. The molecule has 0 saturated carbocycles. The van der Waals surface area contributed by atoms with Gasteiger partial charge in [-0.25, -0.2) is 0 Å². The Morgan fingerprint density at radius 3 is 2.81 bits per heavy atom. The van der Waals surface area contributed by atoms with Crippen LogP contribution in [0.15, 0.2) is 0 Å². The SMILES string of the molecule is CCCCOC(=O)CN1CCC(C(C)C)C1. The molecule has 3 nitrogen and oxygen atoms in total. The lowest BCUT2D eigenvalue weighted by Gasteiger charge is -2.16. The molecule has 0 aliphatic carbocycles. The van der Waals surface area contributed by atoms with Gasteiger partial charge in [-0.2, -0.15) is 0 Å². The summed E-state index contributed by atoms with van der Waals surface area (Å²) in [5, 5.41) is 0. The summed E-state index contributed by atoms with van der Waals surface area (Å²) in [6, 6.07) is 0. The van der Waals surface area contributed by atoms with Crippen LogP contribution >= 0.6 is 0 Å². The molecule has 94 valence electrons. The Bertz CT molecular complexity index is 216. The summed E-state index contributed by atoms with van der Waals surface area (Å²) >= 11 is 0. The highest BCUT2D eigenvalue weighted by molar-refractivity contribution is 5.71. The number of rotatable bonds is 6. The predicted octanol–water partition coefficient (Wildman–Crippen LogP) is 2.31. The molecule has 0 N–H and O–H groups in total. The van der Waals surface area contributed by atoms with Gasteiger partial charge in [0.1, 0.15) is 0 Å². The molecule has 0 radical (unpaired) electrons. The fraction of sp³-hybridized carbons (Fsp3) is 0.923. The van der Waals surface area contributed by atoms with Crippen LogP contribution in [0, 0.1) is 11.8 Å². The van der Waals surface area contributed by atoms with E-state index < -0.39 is 0 Å². The monoisotopic (exact) mass is 227 g/mol. The van der Waals surface area contributed by atoms with Crippen molar-refractivity contribution in [3.63, 3.8) is 0 Å². The Hall–Kier alpha value is -0.570. The molecule has 0 aromatic rings. The predicted molar refractivity (Wildman–Crippen MR) is 65.3 cm³/mol. The van der Waals surface area contributed by atoms with E-state index >= 15 is 0 Å². The summed E-state index contributed by atoms with van der Waals surface area (Å²) in [4.78, 5) is 13.7. The van der Waals surface area contributed by atoms with Gasteiger partial charge in [-0.15, -0.1) is 0 Å². The van der Waals surface area contributed by atoms with Gasteiger partial charge in [-0.1, -0.05) is 27.2 Å². The van der Waals surface area contributed by atoms with Crippen LogP contribution in [-0.4, -0.2) is 37.1 Å². The number of esters is 1. The molecule has 0 spiro atoms. The lowest BCUT2D eigenvalue weighted by atomic mass is 9.95. The molecule has 1 rings (SSSR count). The molecular weight excluding hydrogens is 202 g/mol. The van der Waals surface area contributed by atoms with E-state index in [1.165, 1.54) is 6.42 Å². The van der Waals surface area contributed by atoms with Crippen molar-refractivity contribution < 1.29 is 9.53 Å². The normalized spacial score (nSPS) is 21.6. The van der Waals surface area contributed by atoms with E-state index in [0.29, 0.717) is 13.2 Å². The Morgan fingerprint density at radius 2 is 2.25 bits per heavy atom. The van der Waals surface area contributed by atoms with Gasteiger partial charge in [-0.05, 0) is 31.2 Å². The molecule has 1 aliphatic rings. The van der Waals surface area contributed by atoms with Crippen LogP contribution in [0.2, 0.25) is 0 Å². The zero-order chi connectivity index (χ0) is 12.0. The van der Waals surface area contributed by atoms with Gasteiger partial charge in [0.2, 0.25) is 0 Å². The summed E-state index contributed by atoms with van der Waals surface area (Å²) < 4.78 is 5.16. The topological polar surface area (TPSA) is 29.5 Å². The van der Waals surface area contributed by atoms with Crippen molar-refractivity contribution in [3.05, 3.63) is 0 Å². The quantitative estimate of drug-likeness (QED) is 0.515. The van der Waals surface area contributed by atoms with Gasteiger partial charge in [0.15, 0.2) is 0 Å². The van der Waals surface area contributed by atoms with Gasteiger partial charge in [0.05, 0.1) is 13.2 Å². The van der Waals surface area contributed by atoms with Crippen LogP contribution in [0.25, 0.3) is 0 Å². The van der Waals surface area contributed by atoms with E-state index in [1.54, 1.807) is 0 Å². The largest absolute Gasteiger partial charge is 0.465 e. The van der Waals surface area contributed by atoms with Crippen molar-refractivity contribution in [2.75, 3.05) is 26.2 Å². The maximum atomic E-state index is 11.5. The molecule has 0 bridgehead atoms. The minimum absolute atomic E-state index is 0.0575. The van der Waals surface area contributed by atoms with Crippen molar-refractivity contribution >= 4 is 5.97 Å². The molecule has 16 heavy (non-hydrogen) atoms. The maximum absolute atomic E-state index is 11.5. The van der Waals surface area contributed by atoms with Gasteiger partial charge >= 0.3 is 5.97 Å². The number of ether oxygens (including phenoxy) is 1. The number of hydrogen-bond donors (Lipinski definition) is 0.